The first-order chi connectivity index (χ1) is 17.9. The first-order valence-electron chi connectivity index (χ1n) is 9.34. The monoisotopic (exact) mass is 616 g/mol. The van der Waals surface area contributed by atoms with Crippen molar-refractivity contribution in [2.75, 3.05) is 16.6 Å². The predicted octanol–water partition coefficient (Wildman–Crippen LogP) is 4.83. The van der Waals surface area contributed by atoms with E-state index in [1.807, 2.05) is 0 Å². The average molecular weight is 616 g/mol. The fourth-order valence-corrected chi connectivity index (χ4v) is 5.36. The first kappa shape index (κ1) is 29.7. The molecular formula is C19H7F11N2O5S2. The second-order valence-corrected chi connectivity index (χ2v) is 10.3. The molecule has 0 aromatic heterocycles. The maximum atomic E-state index is 14.9. The van der Waals surface area contributed by atoms with Crippen molar-refractivity contribution >= 4 is 31.4 Å². The Morgan fingerprint density at radius 2 is 0.846 bits per heavy atom. The summed E-state index contributed by atoms with van der Waals surface area (Å²) in [5.41, 5.74) is -3.17. The molecule has 2 N–H and O–H groups in total. The number of benzene rings is 3. The van der Waals surface area contributed by atoms with E-state index in [0.717, 1.165) is 16.6 Å². The molecule has 0 heterocycles. The molecule has 0 aliphatic heterocycles. The van der Waals surface area contributed by atoms with Crippen LogP contribution in [0.3, 0.4) is 0 Å². The van der Waals surface area contributed by atoms with E-state index in [1.54, 1.807) is 0 Å². The van der Waals surface area contributed by atoms with Crippen LogP contribution in [-0.4, -0.2) is 23.9 Å². The summed E-state index contributed by atoms with van der Waals surface area (Å²) in [5, 5.41) is 0. The molecule has 0 amide bonds. The minimum Gasteiger partial charge on any atom is -0.494 e. The van der Waals surface area contributed by atoms with Crippen LogP contribution >= 0.6 is 0 Å². The Hall–Kier alpha value is -3.81. The van der Waals surface area contributed by atoms with E-state index in [1.165, 1.54) is 0 Å². The summed E-state index contributed by atoms with van der Waals surface area (Å²) in [6.07, 6.45) is 0. The number of hydrogen-bond donors (Lipinski definition) is 2. The standard InChI is InChI=1S/C19H7F11N2O5S2/c1-37-5-3-2-4(31-38(33,34)18-13(27)9(23)7(21)10(24)14(18)28)17(6(5)20)32-39(35,36)19-15(29)11(25)8(22)12(26)16(19)30/h2-3,31-32H,1H3. The second-order valence-electron chi connectivity index (χ2n) is 7.01. The zero-order chi connectivity index (χ0) is 29.8. The van der Waals surface area contributed by atoms with Crippen molar-refractivity contribution in [1.82, 2.24) is 0 Å². The molecule has 3 aromatic rings. The highest BCUT2D eigenvalue weighted by molar-refractivity contribution is 7.93. The van der Waals surface area contributed by atoms with Gasteiger partial charge in [-0.2, -0.15) is 0 Å². The summed E-state index contributed by atoms with van der Waals surface area (Å²) in [4.78, 5) is -5.07. The van der Waals surface area contributed by atoms with Crippen LogP contribution in [0.5, 0.6) is 5.75 Å². The molecule has 7 nitrogen and oxygen atoms in total. The Morgan fingerprint density at radius 3 is 1.21 bits per heavy atom. The minimum atomic E-state index is -6.06. The molecule has 3 rings (SSSR count). The Bertz CT molecular complexity index is 1690. The molecular weight excluding hydrogens is 609 g/mol. The first-order valence-corrected chi connectivity index (χ1v) is 12.3. The van der Waals surface area contributed by atoms with Gasteiger partial charge in [-0.3, -0.25) is 9.44 Å². The summed E-state index contributed by atoms with van der Waals surface area (Å²) in [6, 6.07) is 0.907. The van der Waals surface area contributed by atoms with Crippen molar-refractivity contribution in [3.8, 4) is 5.75 Å². The average Bonchev–Trinajstić information content (AvgIpc) is 2.85. The zero-order valence-corrected chi connectivity index (χ0v) is 19.8. The van der Waals surface area contributed by atoms with Crippen LogP contribution < -0.4 is 14.2 Å². The summed E-state index contributed by atoms with van der Waals surface area (Å²) in [7, 11) is -11.3. The Balaban J connectivity index is 2.24. The third-order valence-corrected chi connectivity index (χ3v) is 7.44. The van der Waals surface area contributed by atoms with Crippen molar-refractivity contribution in [3.05, 3.63) is 76.1 Å². The highest BCUT2D eigenvalue weighted by Gasteiger charge is 2.37. The van der Waals surface area contributed by atoms with E-state index in [4.69, 9.17) is 0 Å². The number of rotatable bonds is 7. The summed E-state index contributed by atoms with van der Waals surface area (Å²) in [5.74, 6) is -31.0. The third-order valence-electron chi connectivity index (χ3n) is 4.68. The van der Waals surface area contributed by atoms with Gasteiger partial charge in [0.25, 0.3) is 20.0 Å². The summed E-state index contributed by atoms with van der Waals surface area (Å²) < 4.78 is 209. The number of ether oxygens (including phenoxy) is 1. The van der Waals surface area contributed by atoms with Crippen LogP contribution in [0.2, 0.25) is 0 Å². The maximum Gasteiger partial charge on any atom is 0.268 e. The fourth-order valence-electron chi connectivity index (χ4n) is 2.92. The molecule has 212 valence electrons. The molecule has 0 unspecified atom stereocenters. The van der Waals surface area contributed by atoms with Crippen LogP contribution in [-0.2, 0) is 20.0 Å². The number of halogens is 11. The molecule has 39 heavy (non-hydrogen) atoms. The predicted molar refractivity (Wildman–Crippen MR) is 107 cm³/mol. The van der Waals surface area contributed by atoms with Gasteiger partial charge in [-0.1, -0.05) is 0 Å². The van der Waals surface area contributed by atoms with Gasteiger partial charge in [0.05, 0.1) is 12.8 Å². The largest absolute Gasteiger partial charge is 0.494 e. The molecule has 0 radical (unpaired) electrons. The highest BCUT2D eigenvalue weighted by Crippen LogP contribution is 2.37. The van der Waals surface area contributed by atoms with Crippen LogP contribution in [0, 0.1) is 64.0 Å². The van der Waals surface area contributed by atoms with Gasteiger partial charge in [0.1, 0.15) is 5.69 Å². The number of sulfonamides is 2. The number of nitrogens with one attached hydrogen (secondary N) is 2. The summed E-state index contributed by atoms with van der Waals surface area (Å²) >= 11 is 0. The lowest BCUT2D eigenvalue weighted by Crippen LogP contribution is -2.23. The van der Waals surface area contributed by atoms with Crippen LogP contribution in [0.15, 0.2) is 21.9 Å². The number of anilines is 2. The van der Waals surface area contributed by atoms with Crippen LogP contribution in [0.4, 0.5) is 59.7 Å². The van der Waals surface area contributed by atoms with Crippen molar-refractivity contribution in [1.29, 1.82) is 0 Å². The maximum absolute atomic E-state index is 14.9. The normalized spacial score (nSPS) is 12.0. The van der Waals surface area contributed by atoms with Gasteiger partial charge in [0.2, 0.25) is 11.6 Å². The van der Waals surface area contributed by atoms with Gasteiger partial charge >= 0.3 is 0 Å². The quantitative estimate of drug-likeness (QED) is 0.225. The fraction of sp³-hybridized carbons (Fsp3) is 0.0526. The number of hydrogen-bond acceptors (Lipinski definition) is 5. The molecule has 0 saturated carbocycles. The molecule has 3 aromatic carbocycles. The van der Waals surface area contributed by atoms with Crippen molar-refractivity contribution in [2.45, 2.75) is 9.79 Å². The van der Waals surface area contributed by atoms with Gasteiger partial charge in [-0.05, 0) is 12.1 Å². The van der Waals surface area contributed by atoms with E-state index in [-0.39, 0.29) is 0 Å². The van der Waals surface area contributed by atoms with Crippen LogP contribution in [0.1, 0.15) is 0 Å². The molecule has 0 saturated heterocycles. The molecule has 20 heteroatoms. The van der Waals surface area contributed by atoms with Gasteiger partial charge in [-0.15, -0.1) is 0 Å². The van der Waals surface area contributed by atoms with Gasteiger partial charge < -0.3 is 4.74 Å². The Morgan fingerprint density at radius 1 is 0.513 bits per heavy atom. The molecule has 0 spiro atoms. The second kappa shape index (κ2) is 10.1. The zero-order valence-electron chi connectivity index (χ0n) is 18.2. The van der Waals surface area contributed by atoms with Gasteiger partial charge in [0, 0.05) is 0 Å². The van der Waals surface area contributed by atoms with Crippen molar-refractivity contribution in [3.63, 3.8) is 0 Å². The summed E-state index contributed by atoms with van der Waals surface area (Å²) in [6.45, 7) is 0. The smallest absolute Gasteiger partial charge is 0.268 e. The van der Waals surface area contributed by atoms with Gasteiger partial charge in [-0.25, -0.2) is 65.1 Å². The Labute approximate surface area is 209 Å². The SMILES string of the molecule is COc1ccc(NS(=O)(=O)c2c(F)c(F)c(F)c(F)c2F)c(NS(=O)(=O)c2c(F)c(F)c(F)c(F)c2F)c1F. The minimum absolute atomic E-state index is 0.377. The Kier molecular flexibility index (Phi) is 7.67. The van der Waals surface area contributed by atoms with E-state index < -0.39 is 111 Å². The van der Waals surface area contributed by atoms with E-state index in [2.05, 4.69) is 4.74 Å². The molecule has 0 atom stereocenters. The third kappa shape index (κ3) is 4.88. The van der Waals surface area contributed by atoms with Crippen LogP contribution in [0.25, 0.3) is 0 Å². The molecule has 0 bridgehead atoms. The highest BCUT2D eigenvalue weighted by atomic mass is 32.2. The van der Waals surface area contributed by atoms with E-state index in [9.17, 15) is 65.1 Å². The molecule has 0 aliphatic carbocycles. The lowest BCUT2D eigenvalue weighted by atomic mass is 10.2. The number of methoxy groups -OCH3 is 1. The van der Waals surface area contributed by atoms with Crippen molar-refractivity contribution < 1.29 is 69.9 Å². The van der Waals surface area contributed by atoms with Crippen molar-refractivity contribution in [2.24, 2.45) is 0 Å². The van der Waals surface area contributed by atoms with Gasteiger partial charge in [0.15, 0.2) is 67.9 Å². The molecule has 0 fully saturated rings. The lowest BCUT2D eigenvalue weighted by Gasteiger charge is -2.18. The van der Waals surface area contributed by atoms with E-state index in [0.29, 0.717) is 12.1 Å². The molecule has 0 aliphatic rings. The van der Waals surface area contributed by atoms with E-state index >= 15 is 0 Å². The lowest BCUT2D eigenvalue weighted by molar-refractivity contribution is 0.357. The topological polar surface area (TPSA) is 102 Å².